The zero-order valence-electron chi connectivity index (χ0n) is 19.7. The van der Waals surface area contributed by atoms with Crippen molar-refractivity contribution in [3.63, 3.8) is 0 Å². The summed E-state index contributed by atoms with van der Waals surface area (Å²) in [5, 5.41) is 26.4. The summed E-state index contributed by atoms with van der Waals surface area (Å²) in [7, 11) is 0. The smallest absolute Gasteiger partial charge is 0.254 e. The number of carbonyl (C=O) groups excluding carboxylic acids is 2. The molecule has 3 aromatic carbocycles. The van der Waals surface area contributed by atoms with Gasteiger partial charge in [0.1, 0.15) is 5.75 Å². The van der Waals surface area contributed by atoms with Gasteiger partial charge in [0, 0.05) is 47.8 Å². The molecule has 3 aromatic rings. The Labute approximate surface area is 218 Å². The third-order valence-corrected chi connectivity index (χ3v) is 7.51. The number of benzene rings is 3. The first kappa shape index (κ1) is 24.5. The fraction of sp³-hybridized carbons (Fsp3) is 0.286. The van der Waals surface area contributed by atoms with E-state index in [1.165, 1.54) is 0 Å². The van der Waals surface area contributed by atoms with Crippen molar-refractivity contribution < 1.29 is 19.8 Å². The van der Waals surface area contributed by atoms with Crippen LogP contribution in [0.25, 0.3) is 0 Å². The summed E-state index contributed by atoms with van der Waals surface area (Å²) in [6.45, 7) is 1.80. The lowest BCUT2D eigenvalue weighted by atomic mass is 9.92. The second-order valence-corrected chi connectivity index (χ2v) is 10.3. The molecule has 186 valence electrons. The number of aliphatic hydroxyl groups excluding tert-OH is 1. The van der Waals surface area contributed by atoms with E-state index in [0.29, 0.717) is 43.6 Å². The standard InChI is InChI=1S/C28H28BrN3O4/c29-23-6-3-17(4-7-23)28(36)32-10-9-19-11-20(1-2-21(19)16-32)27(35)31-15-26(34)25-13-18-5-8-24(33)12-22(18)14-30-25/h1-8,11-12,25-26,30,33-34H,9-10,13-16H2,(H,31,35)/t25-,26+/m0/s1. The number of rotatable bonds is 5. The molecule has 0 spiro atoms. The lowest BCUT2D eigenvalue weighted by molar-refractivity contribution is 0.0734. The van der Waals surface area contributed by atoms with Crippen LogP contribution in [0.5, 0.6) is 5.75 Å². The number of hydrogen-bond acceptors (Lipinski definition) is 5. The Morgan fingerprint density at radius 1 is 1.00 bits per heavy atom. The van der Waals surface area contributed by atoms with Crippen LogP contribution in [0.15, 0.2) is 65.1 Å². The van der Waals surface area contributed by atoms with E-state index >= 15 is 0 Å². The molecule has 0 aliphatic carbocycles. The number of amides is 2. The van der Waals surface area contributed by atoms with Gasteiger partial charge in [-0.25, -0.2) is 0 Å². The molecule has 0 saturated carbocycles. The average Bonchev–Trinajstić information content (AvgIpc) is 2.90. The molecule has 0 unspecified atom stereocenters. The van der Waals surface area contributed by atoms with Crippen molar-refractivity contribution >= 4 is 27.7 Å². The maximum absolute atomic E-state index is 12.9. The maximum atomic E-state index is 12.9. The molecule has 2 heterocycles. The molecular weight excluding hydrogens is 522 g/mol. The highest BCUT2D eigenvalue weighted by Crippen LogP contribution is 2.24. The lowest BCUT2D eigenvalue weighted by Gasteiger charge is -2.30. The van der Waals surface area contributed by atoms with Gasteiger partial charge in [-0.15, -0.1) is 0 Å². The van der Waals surface area contributed by atoms with Crippen LogP contribution in [-0.2, 0) is 25.9 Å². The summed E-state index contributed by atoms with van der Waals surface area (Å²) in [6, 6.07) is 18.0. The van der Waals surface area contributed by atoms with Crippen molar-refractivity contribution in [2.24, 2.45) is 0 Å². The third-order valence-electron chi connectivity index (χ3n) is 6.98. The monoisotopic (exact) mass is 549 g/mol. The highest BCUT2D eigenvalue weighted by molar-refractivity contribution is 9.10. The Morgan fingerprint density at radius 2 is 1.75 bits per heavy atom. The first-order chi connectivity index (χ1) is 17.4. The second kappa shape index (κ2) is 10.4. The molecule has 0 radical (unpaired) electrons. The zero-order valence-corrected chi connectivity index (χ0v) is 21.3. The first-order valence-corrected chi connectivity index (χ1v) is 12.8. The molecule has 2 amide bonds. The van der Waals surface area contributed by atoms with Gasteiger partial charge in [0.2, 0.25) is 0 Å². The molecule has 36 heavy (non-hydrogen) atoms. The Bertz CT molecular complexity index is 1290. The minimum atomic E-state index is -0.744. The minimum absolute atomic E-state index is 0.000274. The number of fused-ring (bicyclic) bond motifs is 2. The molecule has 2 aliphatic rings. The SMILES string of the molecule is O=C(NC[C@@H](O)[C@@H]1Cc2ccc(O)cc2CN1)c1ccc2c(c1)CCN(C(=O)c1ccc(Br)cc1)C2. The summed E-state index contributed by atoms with van der Waals surface area (Å²) in [5.74, 6) is 0.00168. The van der Waals surface area contributed by atoms with Crippen LogP contribution >= 0.6 is 15.9 Å². The van der Waals surface area contributed by atoms with Crippen LogP contribution < -0.4 is 10.6 Å². The number of halogens is 1. The number of aromatic hydroxyl groups is 1. The fourth-order valence-corrected chi connectivity index (χ4v) is 5.15. The largest absolute Gasteiger partial charge is 0.508 e. The summed E-state index contributed by atoms with van der Waals surface area (Å²) >= 11 is 3.40. The van der Waals surface area contributed by atoms with Gasteiger partial charge in [0.15, 0.2) is 0 Å². The number of aliphatic hydroxyl groups is 1. The highest BCUT2D eigenvalue weighted by atomic mass is 79.9. The lowest BCUT2D eigenvalue weighted by Crippen LogP contribution is -2.49. The molecular formula is C28H28BrN3O4. The normalized spacial score (nSPS) is 17.6. The molecule has 7 nitrogen and oxygen atoms in total. The molecule has 2 aliphatic heterocycles. The Morgan fingerprint density at radius 3 is 2.56 bits per heavy atom. The second-order valence-electron chi connectivity index (χ2n) is 9.39. The van der Waals surface area contributed by atoms with Crippen molar-refractivity contribution in [1.29, 1.82) is 0 Å². The van der Waals surface area contributed by atoms with Crippen molar-refractivity contribution in [3.05, 3.63) is 98.5 Å². The van der Waals surface area contributed by atoms with Crippen LogP contribution in [0.3, 0.4) is 0 Å². The highest BCUT2D eigenvalue weighted by Gasteiger charge is 2.26. The summed E-state index contributed by atoms with van der Waals surface area (Å²) in [5.41, 5.74) is 5.42. The number of nitrogens with one attached hydrogen (secondary N) is 2. The van der Waals surface area contributed by atoms with E-state index < -0.39 is 6.10 Å². The van der Waals surface area contributed by atoms with Crippen molar-refractivity contribution in [1.82, 2.24) is 15.5 Å². The Hall–Kier alpha value is -3.20. The number of phenols is 1. The number of nitrogens with zero attached hydrogens (tertiary/aromatic N) is 1. The molecule has 8 heteroatoms. The topological polar surface area (TPSA) is 102 Å². The quantitative estimate of drug-likeness (QED) is 0.391. The third kappa shape index (κ3) is 5.31. The van der Waals surface area contributed by atoms with Gasteiger partial charge >= 0.3 is 0 Å². The summed E-state index contributed by atoms with van der Waals surface area (Å²) in [4.78, 5) is 27.5. The van der Waals surface area contributed by atoms with Crippen molar-refractivity contribution in [2.75, 3.05) is 13.1 Å². The average molecular weight is 550 g/mol. The van der Waals surface area contributed by atoms with Crippen molar-refractivity contribution in [2.45, 2.75) is 38.1 Å². The van der Waals surface area contributed by atoms with Gasteiger partial charge in [-0.2, -0.15) is 0 Å². The van der Waals surface area contributed by atoms with E-state index in [4.69, 9.17) is 0 Å². The van der Waals surface area contributed by atoms with E-state index in [9.17, 15) is 19.8 Å². The molecule has 2 atom stereocenters. The molecule has 5 rings (SSSR count). The van der Waals surface area contributed by atoms with Gasteiger partial charge in [-0.3, -0.25) is 9.59 Å². The van der Waals surface area contributed by atoms with E-state index in [2.05, 4.69) is 26.6 Å². The maximum Gasteiger partial charge on any atom is 0.254 e. The molecule has 0 aromatic heterocycles. The molecule has 0 bridgehead atoms. The molecule has 0 saturated heterocycles. The van der Waals surface area contributed by atoms with Crippen LogP contribution in [0.4, 0.5) is 0 Å². The zero-order chi connectivity index (χ0) is 25.2. The van der Waals surface area contributed by atoms with E-state index in [0.717, 1.165) is 26.7 Å². The summed E-state index contributed by atoms with van der Waals surface area (Å²) < 4.78 is 0.933. The first-order valence-electron chi connectivity index (χ1n) is 12.0. The summed E-state index contributed by atoms with van der Waals surface area (Å²) in [6.07, 6.45) is 0.565. The van der Waals surface area contributed by atoms with Gasteiger partial charge in [0.05, 0.1) is 6.10 Å². The van der Waals surface area contributed by atoms with Crippen LogP contribution in [-0.4, -0.2) is 52.2 Å². The van der Waals surface area contributed by atoms with E-state index in [1.54, 1.807) is 18.2 Å². The molecule has 0 fully saturated rings. The van der Waals surface area contributed by atoms with Crippen LogP contribution in [0.2, 0.25) is 0 Å². The number of hydrogen-bond donors (Lipinski definition) is 4. The molecule has 4 N–H and O–H groups in total. The van der Waals surface area contributed by atoms with Crippen molar-refractivity contribution in [3.8, 4) is 5.75 Å². The van der Waals surface area contributed by atoms with Crippen LogP contribution in [0, 0.1) is 0 Å². The van der Waals surface area contributed by atoms with Crippen LogP contribution in [0.1, 0.15) is 43.0 Å². The van der Waals surface area contributed by atoms with E-state index in [1.807, 2.05) is 47.4 Å². The predicted molar refractivity (Wildman–Crippen MR) is 140 cm³/mol. The van der Waals surface area contributed by atoms with Gasteiger partial charge in [0.25, 0.3) is 11.8 Å². The number of carbonyl (C=O) groups is 2. The fourth-order valence-electron chi connectivity index (χ4n) is 4.88. The van der Waals surface area contributed by atoms with Gasteiger partial charge in [-0.1, -0.05) is 28.1 Å². The van der Waals surface area contributed by atoms with Gasteiger partial charge in [-0.05, 0) is 83.6 Å². The predicted octanol–water partition coefficient (Wildman–Crippen LogP) is 3.16. The Kier molecular flexibility index (Phi) is 7.09. The van der Waals surface area contributed by atoms with Gasteiger partial charge < -0.3 is 25.7 Å². The minimum Gasteiger partial charge on any atom is -0.508 e. The number of phenolic OH excluding ortho intramolecular Hbond substituents is 1. The Balaban J connectivity index is 1.17. The van der Waals surface area contributed by atoms with E-state index in [-0.39, 0.29) is 30.2 Å².